The van der Waals surface area contributed by atoms with Gasteiger partial charge in [0, 0.05) is 22.6 Å². The van der Waals surface area contributed by atoms with Crippen molar-refractivity contribution in [1.29, 1.82) is 0 Å². The first-order chi connectivity index (χ1) is 15.0. The molecule has 8 nitrogen and oxygen atoms in total. The van der Waals surface area contributed by atoms with E-state index in [1.54, 1.807) is 19.7 Å². The van der Waals surface area contributed by atoms with Gasteiger partial charge in [-0.1, -0.05) is 12.1 Å². The van der Waals surface area contributed by atoms with E-state index in [2.05, 4.69) is 30.5 Å². The van der Waals surface area contributed by atoms with Gasteiger partial charge in [0.15, 0.2) is 17.0 Å². The van der Waals surface area contributed by atoms with Crippen LogP contribution in [-0.4, -0.2) is 43.0 Å². The van der Waals surface area contributed by atoms with Crippen molar-refractivity contribution in [3.05, 3.63) is 66.9 Å². The highest BCUT2D eigenvalue weighted by Gasteiger charge is 2.12. The molecule has 9 heteroatoms. The summed E-state index contributed by atoms with van der Waals surface area (Å²) < 4.78 is 14.1. The molecule has 0 aliphatic carbocycles. The van der Waals surface area contributed by atoms with Gasteiger partial charge in [0.25, 0.3) is 0 Å². The van der Waals surface area contributed by atoms with Crippen molar-refractivity contribution in [3.63, 3.8) is 0 Å². The lowest BCUT2D eigenvalue weighted by Gasteiger charge is -2.09. The molecule has 0 unspecified atom stereocenters. The summed E-state index contributed by atoms with van der Waals surface area (Å²) in [5, 5.41) is 12.3. The summed E-state index contributed by atoms with van der Waals surface area (Å²) in [4.78, 5) is 13.2. The van der Waals surface area contributed by atoms with E-state index in [0.717, 1.165) is 27.5 Å². The Labute approximate surface area is 178 Å². The molecule has 0 amide bonds. The zero-order valence-corrected chi connectivity index (χ0v) is 17.9. The number of imidazole rings is 1. The van der Waals surface area contributed by atoms with E-state index in [-0.39, 0.29) is 0 Å². The number of hydrogen-bond donors (Lipinski definition) is 2. The van der Waals surface area contributed by atoms with E-state index in [4.69, 9.17) is 0 Å². The Kier molecular flexibility index (Phi) is 4.64. The van der Waals surface area contributed by atoms with E-state index in [1.807, 2.05) is 65.5 Å². The molecule has 3 aromatic heterocycles. The SMILES string of the molecule is CP(C)(=O)c1ccc(Nc2ncnc3c2ncn3C=Cc2cccc3[nH]ncc23)cc1. The van der Waals surface area contributed by atoms with Gasteiger partial charge in [0.1, 0.15) is 19.8 Å². The van der Waals surface area contributed by atoms with Crippen LogP contribution in [0.15, 0.2) is 61.3 Å². The van der Waals surface area contributed by atoms with Crippen LogP contribution in [0.1, 0.15) is 5.56 Å². The molecule has 0 spiro atoms. The van der Waals surface area contributed by atoms with Crippen molar-refractivity contribution in [1.82, 2.24) is 29.7 Å². The summed E-state index contributed by atoms with van der Waals surface area (Å²) in [6.45, 7) is 3.52. The van der Waals surface area contributed by atoms with Crippen LogP contribution in [0.3, 0.4) is 0 Å². The van der Waals surface area contributed by atoms with E-state index in [0.29, 0.717) is 17.0 Å². The van der Waals surface area contributed by atoms with Gasteiger partial charge in [-0.3, -0.25) is 9.67 Å². The molecule has 0 fully saturated rings. The molecule has 0 atom stereocenters. The summed E-state index contributed by atoms with van der Waals surface area (Å²) in [6.07, 6.45) is 8.95. The number of nitrogens with zero attached hydrogens (tertiary/aromatic N) is 5. The molecular weight excluding hydrogens is 409 g/mol. The monoisotopic (exact) mass is 429 g/mol. The lowest BCUT2D eigenvalue weighted by atomic mass is 10.1. The second kappa shape index (κ2) is 7.49. The van der Waals surface area contributed by atoms with Gasteiger partial charge in [-0.15, -0.1) is 0 Å². The van der Waals surface area contributed by atoms with E-state index < -0.39 is 7.14 Å². The Morgan fingerprint density at radius 1 is 1.06 bits per heavy atom. The van der Waals surface area contributed by atoms with Crippen LogP contribution in [0, 0.1) is 0 Å². The highest BCUT2D eigenvalue weighted by atomic mass is 31.2. The molecule has 0 bridgehead atoms. The molecular formula is C22H20N7OP. The Balaban J connectivity index is 1.45. The van der Waals surface area contributed by atoms with Crippen molar-refractivity contribution in [2.24, 2.45) is 0 Å². The van der Waals surface area contributed by atoms with Crippen LogP contribution in [0.5, 0.6) is 0 Å². The van der Waals surface area contributed by atoms with Crippen LogP contribution in [-0.2, 0) is 4.57 Å². The number of hydrogen-bond acceptors (Lipinski definition) is 6. The minimum absolute atomic E-state index is 0.609. The number of aromatic nitrogens is 6. The molecule has 0 aliphatic rings. The van der Waals surface area contributed by atoms with Gasteiger partial charge in [-0.05, 0) is 55.3 Å². The molecule has 0 aliphatic heterocycles. The summed E-state index contributed by atoms with van der Waals surface area (Å²) in [5.74, 6) is 0.609. The van der Waals surface area contributed by atoms with Crippen molar-refractivity contribution in [3.8, 4) is 0 Å². The number of H-pyrrole nitrogens is 1. The van der Waals surface area contributed by atoms with E-state index in [1.165, 1.54) is 6.33 Å². The first-order valence-corrected chi connectivity index (χ1v) is 12.3. The van der Waals surface area contributed by atoms with Crippen molar-refractivity contribution in [2.75, 3.05) is 18.6 Å². The van der Waals surface area contributed by atoms with Gasteiger partial charge < -0.3 is 9.88 Å². The summed E-state index contributed by atoms with van der Waals surface area (Å²) in [5.41, 5.74) is 4.23. The fourth-order valence-corrected chi connectivity index (χ4v) is 4.26. The van der Waals surface area contributed by atoms with Gasteiger partial charge in [-0.2, -0.15) is 5.10 Å². The number of rotatable bonds is 5. The maximum atomic E-state index is 12.2. The predicted octanol–water partition coefficient (Wildman–Crippen LogP) is 4.32. The largest absolute Gasteiger partial charge is 0.338 e. The highest BCUT2D eigenvalue weighted by molar-refractivity contribution is 7.70. The van der Waals surface area contributed by atoms with Crippen LogP contribution in [0.25, 0.3) is 34.3 Å². The van der Waals surface area contributed by atoms with Crippen LogP contribution in [0.4, 0.5) is 11.5 Å². The van der Waals surface area contributed by atoms with Gasteiger partial charge in [0.05, 0.1) is 11.7 Å². The van der Waals surface area contributed by atoms with Crippen molar-refractivity contribution in [2.45, 2.75) is 0 Å². The fourth-order valence-electron chi connectivity index (χ4n) is 3.39. The van der Waals surface area contributed by atoms with E-state index >= 15 is 0 Å². The maximum absolute atomic E-state index is 12.2. The van der Waals surface area contributed by atoms with Crippen molar-refractivity contribution < 1.29 is 4.57 Å². The Morgan fingerprint density at radius 2 is 1.90 bits per heavy atom. The third-order valence-corrected chi connectivity index (χ3v) is 6.59. The number of anilines is 2. The zero-order valence-electron chi connectivity index (χ0n) is 17.0. The molecule has 5 aromatic rings. The number of aromatic amines is 1. The average Bonchev–Trinajstić information content (AvgIpc) is 3.40. The van der Waals surface area contributed by atoms with Gasteiger partial charge in [0.2, 0.25) is 0 Å². The Morgan fingerprint density at radius 3 is 2.71 bits per heavy atom. The summed E-state index contributed by atoms with van der Waals surface area (Å²) in [7, 11) is -2.28. The second-order valence-electron chi connectivity index (χ2n) is 7.56. The fraction of sp³-hybridized carbons (Fsp3) is 0.0909. The Hall–Kier alpha value is -3.77. The number of fused-ring (bicyclic) bond motifs is 2. The molecule has 2 N–H and O–H groups in total. The topological polar surface area (TPSA) is 101 Å². The van der Waals surface area contributed by atoms with Crippen LogP contribution in [0.2, 0.25) is 0 Å². The molecule has 31 heavy (non-hydrogen) atoms. The summed E-state index contributed by atoms with van der Waals surface area (Å²) >= 11 is 0. The van der Waals surface area contributed by atoms with Crippen LogP contribution < -0.4 is 10.6 Å². The first-order valence-electron chi connectivity index (χ1n) is 9.69. The maximum Gasteiger partial charge on any atom is 0.169 e. The summed E-state index contributed by atoms with van der Waals surface area (Å²) in [6, 6.07) is 13.5. The lowest BCUT2D eigenvalue weighted by Crippen LogP contribution is -2.03. The third kappa shape index (κ3) is 3.73. The minimum atomic E-state index is -2.28. The minimum Gasteiger partial charge on any atom is -0.338 e. The van der Waals surface area contributed by atoms with Crippen molar-refractivity contribution >= 4 is 58.3 Å². The third-order valence-electron chi connectivity index (χ3n) is 5.04. The second-order valence-corrected chi connectivity index (χ2v) is 10.8. The number of nitrogens with one attached hydrogen (secondary N) is 2. The molecule has 0 saturated heterocycles. The van der Waals surface area contributed by atoms with E-state index in [9.17, 15) is 4.57 Å². The van der Waals surface area contributed by atoms with Gasteiger partial charge >= 0.3 is 0 Å². The molecule has 3 heterocycles. The molecule has 5 rings (SSSR count). The van der Waals surface area contributed by atoms with Gasteiger partial charge in [-0.25, -0.2) is 15.0 Å². The normalized spacial score (nSPS) is 12.2. The molecule has 2 aromatic carbocycles. The van der Waals surface area contributed by atoms with Crippen LogP contribution >= 0.6 is 7.14 Å². The quantitative estimate of drug-likeness (QED) is 0.404. The smallest absolute Gasteiger partial charge is 0.169 e. The molecule has 0 saturated carbocycles. The lowest BCUT2D eigenvalue weighted by molar-refractivity contribution is 0.588. The number of benzene rings is 2. The molecule has 154 valence electrons. The predicted molar refractivity (Wildman–Crippen MR) is 125 cm³/mol. The highest BCUT2D eigenvalue weighted by Crippen LogP contribution is 2.35. The average molecular weight is 429 g/mol. The molecule has 0 radical (unpaired) electrons. The first kappa shape index (κ1) is 19.2. The Bertz CT molecular complexity index is 1460. The zero-order chi connectivity index (χ0) is 21.4. The standard InChI is InChI=1S/C22H20N7OP/c1-31(2,30)17-8-6-16(7-9-17)27-21-20-22(24-13-23-21)29(14-25-20)11-10-15-4-3-5-19-18(15)12-26-28-19/h3-14H,1-2H3,(H,26,28)(H,23,24,27).